The van der Waals surface area contributed by atoms with Crippen LogP contribution in [0, 0.1) is 6.92 Å². The van der Waals surface area contributed by atoms with Crippen molar-refractivity contribution in [3.8, 4) is 5.75 Å². The van der Waals surface area contributed by atoms with E-state index >= 15 is 0 Å². The molecule has 3 amide bonds. The largest absolute Gasteiger partial charge is 0.508 e. The molecule has 2 fully saturated rings. The van der Waals surface area contributed by atoms with E-state index in [0.717, 1.165) is 74.9 Å². The molecule has 10 heteroatoms. The number of nitrogens with two attached hydrogens (primary N) is 1. The van der Waals surface area contributed by atoms with Crippen molar-refractivity contribution in [3.63, 3.8) is 0 Å². The number of para-hydroxylation sites is 1. The van der Waals surface area contributed by atoms with Crippen molar-refractivity contribution >= 4 is 40.6 Å². The lowest BCUT2D eigenvalue weighted by atomic mass is 9.95. The summed E-state index contributed by atoms with van der Waals surface area (Å²) in [7, 11) is 0. The van der Waals surface area contributed by atoms with Crippen molar-refractivity contribution in [2.45, 2.75) is 82.8 Å². The zero-order valence-electron chi connectivity index (χ0n) is 23.3. The highest BCUT2D eigenvalue weighted by Crippen LogP contribution is 2.36. The Morgan fingerprint density at radius 2 is 1.54 bits per heavy atom. The zero-order valence-corrected chi connectivity index (χ0v) is 24.1. The van der Waals surface area contributed by atoms with Crippen molar-refractivity contribution in [2.24, 2.45) is 0 Å². The average molecular weight is 576 g/mol. The van der Waals surface area contributed by atoms with Gasteiger partial charge in [0.1, 0.15) is 16.7 Å². The number of benzene rings is 2. The molecule has 216 valence electrons. The van der Waals surface area contributed by atoms with Crippen molar-refractivity contribution < 1.29 is 19.5 Å². The van der Waals surface area contributed by atoms with Crippen LogP contribution >= 0.6 is 11.5 Å². The van der Waals surface area contributed by atoms with Crippen LogP contribution in [0.4, 0.5) is 11.4 Å². The standard InChI is InChI=1S/C31H37N5O4S/c1-19-9-5-8-14-24(19)36(27(20-15-17-23(37)18-16-20)30(39)34-22-12-6-7-13-22)31(40)28-25(32)26(35-41-28)29(38)33-21-10-3-2-4-11-21/h5,8-9,14-18,21-22,27,37H,2-4,6-7,10-13,32H2,1H3,(H,33,38)(H,34,39)/t27-/m0/s1. The molecule has 1 aromatic heterocycles. The number of amides is 3. The SMILES string of the molecule is Cc1ccccc1N(C(=O)c1snc(C(=O)NC2CCCCC2)c1N)[C@H](C(=O)NC1CCCC1)c1ccc(O)cc1. The van der Waals surface area contributed by atoms with E-state index in [2.05, 4.69) is 15.0 Å². The van der Waals surface area contributed by atoms with Gasteiger partial charge in [-0.05, 0) is 73.5 Å². The number of carbonyl (C=O) groups excluding carboxylic acids is 3. The molecule has 0 radical (unpaired) electrons. The number of aromatic nitrogens is 1. The van der Waals surface area contributed by atoms with Crippen LogP contribution in [0.3, 0.4) is 0 Å². The maximum Gasteiger partial charge on any atom is 0.273 e. The lowest BCUT2D eigenvalue weighted by Gasteiger charge is -2.33. The Bertz CT molecular complexity index is 1390. The molecular formula is C31H37N5O4S. The average Bonchev–Trinajstić information content (AvgIpc) is 3.62. The first-order chi connectivity index (χ1) is 19.8. The number of phenolic OH excluding ortho intramolecular Hbond substituents is 1. The second-order valence-electron chi connectivity index (χ2n) is 11.0. The van der Waals surface area contributed by atoms with Crippen LogP contribution in [-0.2, 0) is 4.79 Å². The maximum atomic E-state index is 14.4. The number of nitrogen functional groups attached to an aromatic ring is 1. The van der Waals surface area contributed by atoms with Gasteiger partial charge < -0.3 is 21.5 Å². The van der Waals surface area contributed by atoms with Crippen LogP contribution in [0.2, 0.25) is 0 Å². The number of aryl methyl sites for hydroxylation is 1. The third-order valence-electron chi connectivity index (χ3n) is 8.09. The van der Waals surface area contributed by atoms with Gasteiger partial charge in [-0.3, -0.25) is 19.3 Å². The Morgan fingerprint density at radius 1 is 0.927 bits per heavy atom. The number of hydrogen-bond donors (Lipinski definition) is 4. The predicted octanol–water partition coefficient (Wildman–Crippen LogP) is 5.25. The number of rotatable bonds is 8. The van der Waals surface area contributed by atoms with Crippen LogP contribution in [0.15, 0.2) is 48.5 Å². The molecule has 2 aliphatic rings. The Labute approximate surface area is 244 Å². The summed E-state index contributed by atoms with van der Waals surface area (Å²) in [4.78, 5) is 43.0. The minimum absolute atomic E-state index is 0.00699. The molecule has 2 aromatic carbocycles. The van der Waals surface area contributed by atoms with E-state index in [1.165, 1.54) is 17.0 Å². The Balaban J connectivity index is 1.54. The first-order valence-corrected chi connectivity index (χ1v) is 15.2. The molecule has 1 heterocycles. The molecule has 0 saturated heterocycles. The molecule has 5 rings (SSSR count). The summed E-state index contributed by atoms with van der Waals surface area (Å²) in [5.74, 6) is -1.18. The number of aromatic hydroxyl groups is 1. The van der Waals surface area contributed by atoms with E-state index in [4.69, 9.17) is 5.73 Å². The predicted molar refractivity (Wildman–Crippen MR) is 160 cm³/mol. The third-order valence-corrected chi connectivity index (χ3v) is 8.94. The Kier molecular flexibility index (Phi) is 8.87. The lowest BCUT2D eigenvalue weighted by molar-refractivity contribution is -0.123. The van der Waals surface area contributed by atoms with Gasteiger partial charge in [-0.2, -0.15) is 4.37 Å². The van der Waals surface area contributed by atoms with Gasteiger partial charge in [0.25, 0.3) is 11.8 Å². The quantitative estimate of drug-likeness (QED) is 0.290. The molecule has 9 nitrogen and oxygen atoms in total. The maximum absolute atomic E-state index is 14.4. The molecule has 3 aromatic rings. The van der Waals surface area contributed by atoms with Crippen LogP contribution in [0.5, 0.6) is 5.75 Å². The minimum atomic E-state index is -1.05. The van der Waals surface area contributed by atoms with Gasteiger partial charge >= 0.3 is 0 Å². The smallest absolute Gasteiger partial charge is 0.273 e. The number of nitrogens with one attached hydrogen (secondary N) is 2. The highest BCUT2D eigenvalue weighted by atomic mass is 32.1. The van der Waals surface area contributed by atoms with Gasteiger partial charge in [-0.15, -0.1) is 0 Å². The molecule has 0 unspecified atom stereocenters. The second kappa shape index (κ2) is 12.7. The summed E-state index contributed by atoms with van der Waals surface area (Å²) in [6.07, 6.45) is 8.95. The summed E-state index contributed by atoms with van der Waals surface area (Å²) in [5.41, 5.74) is 8.34. The van der Waals surface area contributed by atoms with Gasteiger partial charge in [-0.1, -0.05) is 62.4 Å². The summed E-state index contributed by atoms with van der Waals surface area (Å²) in [6, 6.07) is 12.7. The Morgan fingerprint density at radius 3 is 2.20 bits per heavy atom. The second-order valence-corrected chi connectivity index (χ2v) is 11.8. The number of nitrogens with zero attached hydrogens (tertiary/aromatic N) is 2. The molecule has 1 atom stereocenters. The van der Waals surface area contributed by atoms with E-state index in [1.807, 2.05) is 25.1 Å². The Hall–Kier alpha value is -3.92. The van der Waals surface area contributed by atoms with E-state index in [0.29, 0.717) is 11.3 Å². The van der Waals surface area contributed by atoms with Crippen molar-refractivity contribution in [1.82, 2.24) is 15.0 Å². The first-order valence-electron chi connectivity index (χ1n) is 14.4. The highest BCUT2D eigenvalue weighted by molar-refractivity contribution is 7.09. The molecular weight excluding hydrogens is 538 g/mol. The summed E-state index contributed by atoms with van der Waals surface area (Å²) >= 11 is 0.864. The van der Waals surface area contributed by atoms with Crippen LogP contribution in [0.1, 0.15) is 95.1 Å². The number of hydrogen-bond acceptors (Lipinski definition) is 7. The lowest BCUT2D eigenvalue weighted by Crippen LogP contribution is -2.46. The fourth-order valence-electron chi connectivity index (χ4n) is 5.85. The monoisotopic (exact) mass is 575 g/mol. The van der Waals surface area contributed by atoms with E-state index in [9.17, 15) is 19.5 Å². The zero-order chi connectivity index (χ0) is 28.9. The number of anilines is 2. The molecule has 0 spiro atoms. The summed E-state index contributed by atoms with van der Waals surface area (Å²) < 4.78 is 4.30. The molecule has 0 bridgehead atoms. The summed E-state index contributed by atoms with van der Waals surface area (Å²) in [5, 5.41) is 16.1. The van der Waals surface area contributed by atoms with E-state index in [1.54, 1.807) is 18.2 Å². The van der Waals surface area contributed by atoms with E-state index < -0.39 is 11.9 Å². The minimum Gasteiger partial charge on any atom is -0.508 e. The molecule has 5 N–H and O–H groups in total. The van der Waals surface area contributed by atoms with Crippen molar-refractivity contribution in [3.05, 3.63) is 70.2 Å². The first kappa shape index (κ1) is 28.6. The van der Waals surface area contributed by atoms with Crippen molar-refractivity contribution in [1.29, 1.82) is 0 Å². The number of phenols is 1. The van der Waals surface area contributed by atoms with Gasteiger partial charge in [-0.25, -0.2) is 0 Å². The van der Waals surface area contributed by atoms with Crippen LogP contribution < -0.4 is 21.3 Å². The van der Waals surface area contributed by atoms with Gasteiger partial charge in [0.05, 0.1) is 5.69 Å². The number of carbonyl (C=O) groups is 3. The van der Waals surface area contributed by atoms with Gasteiger partial charge in [0, 0.05) is 17.8 Å². The summed E-state index contributed by atoms with van der Waals surface area (Å²) in [6.45, 7) is 1.87. The van der Waals surface area contributed by atoms with Crippen molar-refractivity contribution in [2.75, 3.05) is 10.6 Å². The van der Waals surface area contributed by atoms with E-state index in [-0.39, 0.29) is 45.9 Å². The highest BCUT2D eigenvalue weighted by Gasteiger charge is 2.38. The normalized spacial score (nSPS) is 16.7. The van der Waals surface area contributed by atoms with Gasteiger partial charge in [0.2, 0.25) is 5.91 Å². The third kappa shape index (κ3) is 6.37. The topological polar surface area (TPSA) is 138 Å². The fourth-order valence-corrected chi connectivity index (χ4v) is 6.58. The fraction of sp³-hybridized carbons (Fsp3) is 0.419. The van der Waals surface area contributed by atoms with Crippen LogP contribution in [-0.4, -0.2) is 39.3 Å². The molecule has 0 aliphatic heterocycles. The van der Waals surface area contributed by atoms with Gasteiger partial charge in [0.15, 0.2) is 5.69 Å². The van der Waals surface area contributed by atoms with Crippen LogP contribution in [0.25, 0.3) is 0 Å². The molecule has 2 saturated carbocycles. The molecule has 2 aliphatic carbocycles. The molecule has 41 heavy (non-hydrogen) atoms.